The highest BCUT2D eigenvalue weighted by Gasteiger charge is 2.29. The summed E-state index contributed by atoms with van der Waals surface area (Å²) in [5.74, 6) is -0.614. The number of ether oxygens (including phenoxy) is 3. The van der Waals surface area contributed by atoms with E-state index in [1.165, 1.54) is 25.7 Å². The standard InChI is InChI=1S/C34H48NO10P/c1-41-23-14-8-6-4-2-3-5-7-9-19-33(37)45-27(20-22-36)25-44-46(39,40)43-24-21-35-34(38)42-26-32-30-17-12-10-15-28(30)29-16-11-13-18-31(29)32/h10-13,15-18,22,27,32H,2-9,14,19-21,23-26H2,1H3,(H,35,38)(H,39,40)/p-1. The predicted octanol–water partition coefficient (Wildman–Crippen LogP) is 6.07. The molecule has 0 bridgehead atoms. The number of alkyl carbamates (subject to hydrolysis) is 1. The van der Waals surface area contributed by atoms with Crippen molar-refractivity contribution in [3.63, 3.8) is 0 Å². The van der Waals surface area contributed by atoms with Crippen LogP contribution in [0.2, 0.25) is 0 Å². The number of aldehydes is 1. The van der Waals surface area contributed by atoms with Crippen LogP contribution in [0.5, 0.6) is 0 Å². The third kappa shape index (κ3) is 13.3. The van der Waals surface area contributed by atoms with Gasteiger partial charge < -0.3 is 38.3 Å². The Bertz CT molecular complexity index is 1230. The zero-order valence-electron chi connectivity index (χ0n) is 26.7. The number of phosphoric ester groups is 1. The number of esters is 1. The first-order chi connectivity index (χ1) is 22.3. The van der Waals surface area contributed by atoms with E-state index in [1.807, 2.05) is 48.5 Å². The van der Waals surface area contributed by atoms with Crippen molar-refractivity contribution in [1.29, 1.82) is 0 Å². The minimum Gasteiger partial charge on any atom is -0.756 e. The molecule has 2 atom stereocenters. The average Bonchev–Trinajstić information content (AvgIpc) is 3.37. The fraction of sp³-hybridized carbons (Fsp3) is 0.559. The van der Waals surface area contributed by atoms with Gasteiger partial charge in [0.15, 0.2) is 0 Å². The number of hydrogen-bond acceptors (Lipinski definition) is 10. The van der Waals surface area contributed by atoms with Gasteiger partial charge in [-0.3, -0.25) is 9.36 Å². The van der Waals surface area contributed by atoms with Gasteiger partial charge in [0.25, 0.3) is 7.82 Å². The van der Waals surface area contributed by atoms with Crippen LogP contribution in [0.4, 0.5) is 4.79 Å². The molecule has 0 aromatic heterocycles. The summed E-state index contributed by atoms with van der Waals surface area (Å²) in [4.78, 5) is 47.7. The van der Waals surface area contributed by atoms with E-state index >= 15 is 0 Å². The van der Waals surface area contributed by atoms with Crippen molar-refractivity contribution in [1.82, 2.24) is 5.32 Å². The van der Waals surface area contributed by atoms with Gasteiger partial charge in [-0.15, -0.1) is 0 Å². The predicted molar refractivity (Wildman–Crippen MR) is 171 cm³/mol. The zero-order chi connectivity index (χ0) is 33.0. The lowest BCUT2D eigenvalue weighted by Crippen LogP contribution is -2.30. The van der Waals surface area contributed by atoms with E-state index < -0.39 is 39.2 Å². The van der Waals surface area contributed by atoms with Crippen LogP contribution in [0.1, 0.15) is 87.7 Å². The van der Waals surface area contributed by atoms with E-state index in [4.69, 9.17) is 23.3 Å². The summed E-state index contributed by atoms with van der Waals surface area (Å²) in [6, 6.07) is 15.9. The van der Waals surface area contributed by atoms with E-state index in [2.05, 4.69) is 5.32 Å². The summed E-state index contributed by atoms with van der Waals surface area (Å²) >= 11 is 0. The Hall–Kier alpha value is -3.08. The second-order valence-corrected chi connectivity index (χ2v) is 12.7. The van der Waals surface area contributed by atoms with Crippen molar-refractivity contribution >= 4 is 26.2 Å². The van der Waals surface area contributed by atoms with Crippen molar-refractivity contribution < 1.29 is 47.1 Å². The SMILES string of the molecule is COCCCCCCCCCCCC(=O)OC(CC=O)COP(=O)([O-])OCCNC(=O)OCC1c2ccccc2-c2ccccc21. The van der Waals surface area contributed by atoms with Crippen molar-refractivity contribution in [3.8, 4) is 11.1 Å². The van der Waals surface area contributed by atoms with Crippen LogP contribution in [0, 0.1) is 0 Å². The molecule has 1 aliphatic carbocycles. The molecule has 0 aliphatic heterocycles. The quantitative estimate of drug-likeness (QED) is 0.0608. The lowest BCUT2D eigenvalue weighted by Gasteiger charge is -2.25. The third-order valence-corrected chi connectivity index (χ3v) is 8.73. The molecule has 1 N–H and O–H groups in total. The Morgan fingerprint density at radius 2 is 1.46 bits per heavy atom. The first-order valence-corrected chi connectivity index (χ1v) is 17.6. The number of hydrogen-bond donors (Lipinski definition) is 1. The van der Waals surface area contributed by atoms with Gasteiger partial charge in [-0.25, -0.2) is 4.79 Å². The molecule has 254 valence electrons. The van der Waals surface area contributed by atoms with Gasteiger partial charge in [0, 0.05) is 39.0 Å². The first-order valence-electron chi connectivity index (χ1n) is 16.2. The summed E-state index contributed by atoms with van der Waals surface area (Å²) < 4.78 is 37.5. The topological polar surface area (TPSA) is 150 Å². The second-order valence-electron chi connectivity index (χ2n) is 11.3. The van der Waals surface area contributed by atoms with Gasteiger partial charge in [0.05, 0.1) is 13.2 Å². The molecular formula is C34H47NO10P-. The highest BCUT2D eigenvalue weighted by Crippen LogP contribution is 2.44. The van der Waals surface area contributed by atoms with E-state index in [0.29, 0.717) is 12.7 Å². The molecule has 0 heterocycles. The lowest BCUT2D eigenvalue weighted by molar-refractivity contribution is -0.227. The highest BCUT2D eigenvalue weighted by atomic mass is 31.2. The summed E-state index contributed by atoms with van der Waals surface area (Å²) in [5.41, 5.74) is 4.37. The maximum atomic E-state index is 12.3. The number of benzene rings is 2. The first kappa shape index (κ1) is 37.4. The number of carbonyl (C=O) groups is 3. The number of methoxy groups -OCH3 is 1. The van der Waals surface area contributed by atoms with Crippen LogP contribution in [-0.2, 0) is 37.4 Å². The number of fused-ring (bicyclic) bond motifs is 3. The molecule has 0 saturated carbocycles. The molecular weight excluding hydrogens is 613 g/mol. The Kier molecular flexibility index (Phi) is 17.0. The van der Waals surface area contributed by atoms with Gasteiger partial charge in [-0.2, -0.15) is 0 Å². The second kappa shape index (κ2) is 20.9. The van der Waals surface area contributed by atoms with Crippen molar-refractivity contribution in [2.24, 2.45) is 0 Å². The number of carbonyl (C=O) groups excluding carboxylic acids is 3. The van der Waals surface area contributed by atoms with Crippen LogP contribution in [-0.4, -0.2) is 64.5 Å². The van der Waals surface area contributed by atoms with Crippen molar-refractivity contribution in [2.75, 3.05) is 40.1 Å². The van der Waals surface area contributed by atoms with Crippen LogP contribution < -0.4 is 10.2 Å². The van der Waals surface area contributed by atoms with E-state index in [-0.39, 0.29) is 31.9 Å². The Morgan fingerprint density at radius 3 is 2.07 bits per heavy atom. The number of nitrogens with one attached hydrogen (secondary N) is 1. The van der Waals surface area contributed by atoms with Gasteiger partial charge >= 0.3 is 12.1 Å². The van der Waals surface area contributed by atoms with Gasteiger partial charge in [0.1, 0.15) is 19.0 Å². The fourth-order valence-electron chi connectivity index (χ4n) is 5.43. The number of rotatable bonds is 24. The summed E-state index contributed by atoms with van der Waals surface area (Å²) in [6.45, 7) is -0.151. The van der Waals surface area contributed by atoms with Crippen LogP contribution in [0.3, 0.4) is 0 Å². The molecule has 0 spiro atoms. The monoisotopic (exact) mass is 660 g/mol. The summed E-state index contributed by atoms with van der Waals surface area (Å²) in [6.07, 6.45) is 8.27. The highest BCUT2D eigenvalue weighted by molar-refractivity contribution is 7.45. The van der Waals surface area contributed by atoms with Gasteiger partial charge in [-0.05, 0) is 35.1 Å². The van der Waals surface area contributed by atoms with Gasteiger partial charge in [0.2, 0.25) is 0 Å². The summed E-state index contributed by atoms with van der Waals surface area (Å²) in [5, 5.41) is 2.46. The normalized spacial score (nSPS) is 14.1. The van der Waals surface area contributed by atoms with E-state index in [1.54, 1.807) is 7.11 Å². The Morgan fingerprint density at radius 1 is 0.870 bits per heavy atom. The summed E-state index contributed by atoms with van der Waals surface area (Å²) in [7, 11) is -3.07. The molecule has 2 aromatic rings. The fourth-order valence-corrected chi connectivity index (χ4v) is 6.17. The largest absolute Gasteiger partial charge is 0.756 e. The maximum absolute atomic E-state index is 12.3. The maximum Gasteiger partial charge on any atom is 0.407 e. The smallest absolute Gasteiger partial charge is 0.407 e. The molecule has 1 amide bonds. The zero-order valence-corrected chi connectivity index (χ0v) is 27.6. The number of phosphoric acid groups is 1. The van der Waals surface area contributed by atoms with Crippen molar-refractivity contribution in [2.45, 2.75) is 82.7 Å². The molecule has 0 fully saturated rings. The van der Waals surface area contributed by atoms with Crippen molar-refractivity contribution in [3.05, 3.63) is 59.7 Å². The third-order valence-electron chi connectivity index (χ3n) is 7.77. The van der Waals surface area contributed by atoms with Crippen LogP contribution in [0.25, 0.3) is 11.1 Å². The molecule has 0 radical (unpaired) electrons. The minimum absolute atomic E-state index is 0.102. The molecule has 2 aromatic carbocycles. The van der Waals surface area contributed by atoms with Gasteiger partial charge in [-0.1, -0.05) is 93.5 Å². The lowest BCUT2D eigenvalue weighted by atomic mass is 9.98. The van der Waals surface area contributed by atoms with Crippen LogP contribution in [0.15, 0.2) is 48.5 Å². The van der Waals surface area contributed by atoms with E-state index in [9.17, 15) is 23.8 Å². The average molecular weight is 661 g/mol. The molecule has 1 aliphatic rings. The molecule has 3 rings (SSSR count). The Balaban J connectivity index is 1.26. The molecule has 2 unspecified atom stereocenters. The number of unbranched alkanes of at least 4 members (excludes halogenated alkanes) is 8. The molecule has 11 nitrogen and oxygen atoms in total. The molecule has 46 heavy (non-hydrogen) atoms. The minimum atomic E-state index is -4.78. The molecule has 0 saturated heterocycles. The number of amides is 1. The Labute approximate surface area is 271 Å². The van der Waals surface area contributed by atoms with Crippen LogP contribution >= 0.6 is 7.82 Å². The molecule has 12 heteroatoms. The van der Waals surface area contributed by atoms with E-state index in [0.717, 1.165) is 54.5 Å².